The molecule has 1 saturated heterocycles. The van der Waals surface area contributed by atoms with Crippen molar-refractivity contribution in [2.45, 2.75) is 57.1 Å². The zero-order valence-corrected chi connectivity index (χ0v) is 21.2. The summed E-state index contributed by atoms with van der Waals surface area (Å²) in [6.45, 7) is 2.84. The van der Waals surface area contributed by atoms with Crippen LogP contribution in [-0.2, 0) is 38.8 Å². The molecule has 1 amide bonds. The smallest absolute Gasteiger partial charge is 0.217 e. The molecule has 3 N–H and O–H groups in total. The van der Waals surface area contributed by atoms with Crippen LogP contribution in [0.3, 0.4) is 0 Å². The molecule has 5 atom stereocenters. The van der Waals surface area contributed by atoms with Gasteiger partial charge >= 0.3 is 0 Å². The average Bonchev–Trinajstić information content (AvgIpc) is 2.93. The number of carbonyl (C=O) groups is 1. The minimum Gasteiger partial charge on any atom is -0.395 e. The molecule has 0 aromatic heterocycles. The van der Waals surface area contributed by atoms with Crippen LogP contribution in [-0.4, -0.2) is 54.6 Å². The van der Waals surface area contributed by atoms with Crippen LogP contribution in [0.1, 0.15) is 23.6 Å². The SMILES string of the molecule is CC(=O)NC1C(CO)NC(COCc2ccccc2)C(OCc2ccccc2)C1OCc1ccccc1. The van der Waals surface area contributed by atoms with E-state index in [-0.39, 0.29) is 18.6 Å². The first-order chi connectivity index (χ1) is 18.1. The number of ether oxygens (including phenoxy) is 3. The summed E-state index contributed by atoms with van der Waals surface area (Å²) in [4.78, 5) is 12.1. The summed E-state index contributed by atoms with van der Waals surface area (Å²) in [6.07, 6.45) is -0.962. The van der Waals surface area contributed by atoms with Crippen LogP contribution in [0.15, 0.2) is 91.0 Å². The van der Waals surface area contributed by atoms with Crippen molar-refractivity contribution in [3.05, 3.63) is 108 Å². The molecule has 1 aliphatic rings. The molecule has 5 unspecified atom stereocenters. The lowest BCUT2D eigenvalue weighted by atomic mass is 9.88. The number of piperidine rings is 1. The highest BCUT2D eigenvalue weighted by atomic mass is 16.5. The number of carbonyl (C=O) groups excluding carboxylic acids is 1. The van der Waals surface area contributed by atoms with Gasteiger partial charge in [0.05, 0.1) is 51.2 Å². The fraction of sp³-hybridized carbons (Fsp3) is 0.367. The lowest BCUT2D eigenvalue weighted by Crippen LogP contribution is -2.72. The van der Waals surface area contributed by atoms with Gasteiger partial charge in [0.1, 0.15) is 12.2 Å². The Labute approximate surface area is 218 Å². The van der Waals surface area contributed by atoms with Crippen molar-refractivity contribution in [2.24, 2.45) is 0 Å². The standard InChI is InChI=1S/C30H36N2O5/c1-22(34)31-28-26(17-33)32-27(21-35-18-23-11-5-2-6-12-23)29(36-19-24-13-7-3-8-14-24)30(28)37-20-25-15-9-4-10-16-25/h2-16,26-30,32-33H,17-21H2,1H3,(H,31,34). The number of benzene rings is 3. The van der Waals surface area contributed by atoms with E-state index in [2.05, 4.69) is 10.6 Å². The monoisotopic (exact) mass is 504 g/mol. The highest BCUT2D eigenvalue weighted by Crippen LogP contribution is 2.25. The molecular weight excluding hydrogens is 468 g/mol. The first kappa shape index (κ1) is 27.0. The molecule has 0 spiro atoms. The average molecular weight is 505 g/mol. The van der Waals surface area contributed by atoms with Gasteiger partial charge in [0.25, 0.3) is 0 Å². The second-order valence-electron chi connectivity index (χ2n) is 9.31. The Bertz CT molecular complexity index is 1070. The second-order valence-corrected chi connectivity index (χ2v) is 9.31. The number of amides is 1. The lowest BCUT2D eigenvalue weighted by molar-refractivity contribution is -0.152. The molecule has 0 bridgehead atoms. The van der Waals surface area contributed by atoms with Crippen LogP contribution in [0.2, 0.25) is 0 Å². The van der Waals surface area contributed by atoms with Crippen molar-refractivity contribution in [1.29, 1.82) is 0 Å². The fourth-order valence-corrected chi connectivity index (χ4v) is 4.68. The van der Waals surface area contributed by atoms with Gasteiger partial charge in [-0.2, -0.15) is 0 Å². The molecule has 0 saturated carbocycles. The fourth-order valence-electron chi connectivity index (χ4n) is 4.68. The molecule has 1 aliphatic heterocycles. The maximum atomic E-state index is 12.1. The topological polar surface area (TPSA) is 89.1 Å². The van der Waals surface area contributed by atoms with E-state index in [4.69, 9.17) is 14.2 Å². The summed E-state index contributed by atoms with van der Waals surface area (Å²) in [5, 5.41) is 16.7. The summed E-state index contributed by atoms with van der Waals surface area (Å²) >= 11 is 0. The number of hydrogen-bond donors (Lipinski definition) is 3. The summed E-state index contributed by atoms with van der Waals surface area (Å²) in [7, 11) is 0. The van der Waals surface area contributed by atoms with Gasteiger partial charge in [-0.25, -0.2) is 0 Å². The molecule has 0 aliphatic carbocycles. The van der Waals surface area contributed by atoms with Gasteiger partial charge in [0.2, 0.25) is 5.91 Å². The second kappa shape index (κ2) is 14.0. The lowest BCUT2D eigenvalue weighted by Gasteiger charge is -2.47. The number of aliphatic hydroxyl groups excluding tert-OH is 1. The zero-order chi connectivity index (χ0) is 25.9. The third-order valence-corrected chi connectivity index (χ3v) is 6.48. The number of aliphatic hydroxyl groups is 1. The highest BCUT2D eigenvalue weighted by molar-refractivity contribution is 5.73. The van der Waals surface area contributed by atoms with E-state index < -0.39 is 24.3 Å². The van der Waals surface area contributed by atoms with Crippen molar-refractivity contribution in [2.75, 3.05) is 13.2 Å². The largest absolute Gasteiger partial charge is 0.395 e. The molecule has 7 heteroatoms. The molecular formula is C30H36N2O5. The highest BCUT2D eigenvalue weighted by Gasteiger charge is 2.46. The number of nitrogens with one attached hydrogen (secondary N) is 2. The minimum absolute atomic E-state index is 0.170. The van der Waals surface area contributed by atoms with Crippen LogP contribution in [0, 0.1) is 0 Å². The Morgan fingerprint density at radius 1 is 0.757 bits per heavy atom. The molecule has 4 rings (SSSR count). The normalized spacial score (nSPS) is 23.5. The van der Waals surface area contributed by atoms with E-state index in [1.54, 1.807) is 0 Å². The molecule has 37 heavy (non-hydrogen) atoms. The summed E-state index contributed by atoms with van der Waals surface area (Å²) in [5.74, 6) is -0.195. The van der Waals surface area contributed by atoms with Crippen LogP contribution < -0.4 is 10.6 Å². The molecule has 196 valence electrons. The van der Waals surface area contributed by atoms with Gasteiger partial charge in [0, 0.05) is 6.92 Å². The van der Waals surface area contributed by atoms with Crippen LogP contribution >= 0.6 is 0 Å². The van der Waals surface area contributed by atoms with E-state index >= 15 is 0 Å². The molecule has 3 aromatic rings. The van der Waals surface area contributed by atoms with Crippen molar-refractivity contribution in [3.63, 3.8) is 0 Å². The predicted octanol–water partition coefficient (Wildman–Crippen LogP) is 3.21. The Kier molecular flexibility index (Phi) is 10.2. The molecule has 3 aromatic carbocycles. The first-order valence-corrected chi connectivity index (χ1v) is 12.7. The zero-order valence-electron chi connectivity index (χ0n) is 21.2. The van der Waals surface area contributed by atoms with Gasteiger partial charge in [-0.1, -0.05) is 91.0 Å². The Morgan fingerprint density at radius 2 is 1.24 bits per heavy atom. The van der Waals surface area contributed by atoms with Gasteiger partial charge in [0.15, 0.2) is 0 Å². The quantitative estimate of drug-likeness (QED) is 0.351. The van der Waals surface area contributed by atoms with Crippen molar-refractivity contribution in [1.82, 2.24) is 10.6 Å². The van der Waals surface area contributed by atoms with Crippen LogP contribution in [0.25, 0.3) is 0 Å². The van der Waals surface area contributed by atoms with Gasteiger partial charge in [-0.15, -0.1) is 0 Å². The summed E-state index contributed by atoms with van der Waals surface area (Å²) in [6, 6.07) is 28.6. The van der Waals surface area contributed by atoms with E-state index in [1.165, 1.54) is 6.92 Å². The molecule has 1 heterocycles. The minimum atomic E-state index is -0.517. The summed E-state index contributed by atoms with van der Waals surface area (Å²) in [5.41, 5.74) is 3.13. The Morgan fingerprint density at radius 3 is 1.73 bits per heavy atom. The van der Waals surface area contributed by atoms with Crippen LogP contribution in [0.4, 0.5) is 0 Å². The number of hydrogen-bond acceptors (Lipinski definition) is 6. The van der Waals surface area contributed by atoms with Crippen LogP contribution in [0.5, 0.6) is 0 Å². The van der Waals surface area contributed by atoms with Crippen molar-refractivity contribution in [3.8, 4) is 0 Å². The Balaban J connectivity index is 1.56. The maximum absolute atomic E-state index is 12.1. The predicted molar refractivity (Wildman–Crippen MR) is 142 cm³/mol. The van der Waals surface area contributed by atoms with E-state index in [0.29, 0.717) is 26.4 Å². The van der Waals surface area contributed by atoms with Crippen molar-refractivity contribution < 1.29 is 24.1 Å². The maximum Gasteiger partial charge on any atom is 0.217 e. The molecule has 7 nitrogen and oxygen atoms in total. The van der Waals surface area contributed by atoms with E-state index in [9.17, 15) is 9.90 Å². The first-order valence-electron chi connectivity index (χ1n) is 12.7. The van der Waals surface area contributed by atoms with Gasteiger partial charge < -0.3 is 30.0 Å². The van der Waals surface area contributed by atoms with E-state index in [1.807, 2.05) is 91.0 Å². The number of rotatable bonds is 12. The van der Waals surface area contributed by atoms with Gasteiger partial charge in [-0.05, 0) is 16.7 Å². The summed E-state index contributed by atoms with van der Waals surface area (Å²) < 4.78 is 19.0. The van der Waals surface area contributed by atoms with Gasteiger partial charge in [-0.3, -0.25) is 4.79 Å². The third kappa shape index (κ3) is 7.95. The van der Waals surface area contributed by atoms with E-state index in [0.717, 1.165) is 16.7 Å². The third-order valence-electron chi connectivity index (χ3n) is 6.48. The Hall–Kier alpha value is -3.07. The van der Waals surface area contributed by atoms with Crippen molar-refractivity contribution >= 4 is 5.91 Å². The molecule has 1 fully saturated rings. The molecule has 0 radical (unpaired) electrons.